The molecule has 0 unspecified atom stereocenters. The molecule has 2 aromatic heterocycles. The number of hydrogen-bond acceptors (Lipinski definition) is 5. The van der Waals surface area contributed by atoms with Gasteiger partial charge in [0.15, 0.2) is 0 Å². The lowest BCUT2D eigenvalue weighted by molar-refractivity contribution is 0.0660. The number of anilines is 1. The summed E-state index contributed by atoms with van der Waals surface area (Å²) in [6, 6.07) is 11.0. The molecule has 0 aliphatic rings. The number of hydrogen-bond donors (Lipinski definition) is 1. The molecule has 0 atom stereocenters. The number of carboxylic acid groups (broad SMARTS) is 1. The second-order valence-corrected chi connectivity index (χ2v) is 6.47. The van der Waals surface area contributed by atoms with E-state index in [4.69, 9.17) is 14.3 Å². The van der Waals surface area contributed by atoms with Gasteiger partial charge in [0, 0.05) is 17.8 Å². The highest BCUT2D eigenvalue weighted by atomic mass is 32.1. The summed E-state index contributed by atoms with van der Waals surface area (Å²) < 4.78 is 10.7. The molecule has 1 aromatic carbocycles. The molecule has 0 saturated heterocycles. The molecule has 0 amide bonds. The number of nitrogens with zero attached hydrogens (tertiary/aromatic N) is 1. The van der Waals surface area contributed by atoms with Crippen molar-refractivity contribution in [3.05, 3.63) is 76.4 Å². The first-order valence-electron chi connectivity index (χ1n) is 7.99. The van der Waals surface area contributed by atoms with Gasteiger partial charge in [-0.1, -0.05) is 12.7 Å². The summed E-state index contributed by atoms with van der Waals surface area (Å²) in [5.74, 6) is 0.208. The van der Waals surface area contributed by atoms with E-state index in [1.54, 1.807) is 30.6 Å². The lowest BCUT2D eigenvalue weighted by atomic mass is 10.1. The minimum Gasteiger partial charge on any atom is -0.497 e. The Morgan fingerprint density at radius 3 is 2.77 bits per heavy atom. The Bertz CT molecular complexity index is 898. The van der Waals surface area contributed by atoms with Crippen LogP contribution in [0.1, 0.15) is 27.4 Å². The molecule has 0 aliphatic carbocycles. The zero-order valence-electron chi connectivity index (χ0n) is 14.3. The summed E-state index contributed by atoms with van der Waals surface area (Å²) in [5.41, 5.74) is 3.08. The maximum absolute atomic E-state index is 11.1. The molecule has 0 spiro atoms. The van der Waals surface area contributed by atoms with Crippen LogP contribution in [-0.4, -0.2) is 18.2 Å². The quantitative estimate of drug-likeness (QED) is 0.612. The number of rotatable bonds is 8. The molecular formula is C20H19NO4S. The third-order valence-corrected chi connectivity index (χ3v) is 4.70. The van der Waals surface area contributed by atoms with E-state index in [0.717, 1.165) is 17.0 Å². The van der Waals surface area contributed by atoms with Crippen molar-refractivity contribution in [1.29, 1.82) is 0 Å². The van der Waals surface area contributed by atoms with Crippen molar-refractivity contribution in [2.75, 3.05) is 12.0 Å². The molecule has 5 nitrogen and oxygen atoms in total. The van der Waals surface area contributed by atoms with Crippen LogP contribution in [0.5, 0.6) is 5.75 Å². The van der Waals surface area contributed by atoms with Gasteiger partial charge in [0.25, 0.3) is 0 Å². The standard InChI is InChI=1S/C20H19NO4S/c1-3-15-10-16(24-2)4-6-18(15)21(11-14-8-9-26-13-14)12-17-5-7-19(25-17)20(22)23/h3-10,13H,1,11-12H2,2H3,(H,22,23). The maximum atomic E-state index is 11.1. The van der Waals surface area contributed by atoms with E-state index in [0.29, 0.717) is 18.8 Å². The Kier molecular flexibility index (Phi) is 5.43. The van der Waals surface area contributed by atoms with Gasteiger partial charge in [0.05, 0.1) is 13.7 Å². The molecule has 0 saturated carbocycles. The predicted octanol–water partition coefficient (Wildman–Crippen LogP) is 4.90. The highest BCUT2D eigenvalue weighted by Crippen LogP contribution is 2.29. The fourth-order valence-corrected chi connectivity index (χ4v) is 3.37. The van der Waals surface area contributed by atoms with Crippen molar-refractivity contribution in [2.24, 2.45) is 0 Å². The third kappa shape index (κ3) is 3.97. The summed E-state index contributed by atoms with van der Waals surface area (Å²) in [4.78, 5) is 13.2. The fraction of sp³-hybridized carbons (Fsp3) is 0.150. The van der Waals surface area contributed by atoms with Gasteiger partial charge in [-0.05, 0) is 52.7 Å². The third-order valence-electron chi connectivity index (χ3n) is 3.97. The molecular weight excluding hydrogens is 350 g/mol. The van der Waals surface area contributed by atoms with Crippen LogP contribution >= 0.6 is 11.3 Å². The average molecular weight is 369 g/mol. The Morgan fingerprint density at radius 1 is 1.31 bits per heavy atom. The Labute approximate surface area is 155 Å². The molecule has 1 N–H and O–H groups in total. The first-order valence-corrected chi connectivity index (χ1v) is 8.93. The van der Waals surface area contributed by atoms with Gasteiger partial charge in [-0.2, -0.15) is 11.3 Å². The van der Waals surface area contributed by atoms with Crippen LogP contribution in [0.15, 0.2) is 58.2 Å². The van der Waals surface area contributed by atoms with Gasteiger partial charge in [-0.15, -0.1) is 0 Å². The largest absolute Gasteiger partial charge is 0.497 e. The highest BCUT2D eigenvalue weighted by molar-refractivity contribution is 7.07. The van der Waals surface area contributed by atoms with Crippen molar-refractivity contribution in [3.8, 4) is 5.75 Å². The minimum atomic E-state index is -1.07. The van der Waals surface area contributed by atoms with Crippen molar-refractivity contribution in [3.63, 3.8) is 0 Å². The van der Waals surface area contributed by atoms with E-state index < -0.39 is 5.97 Å². The molecule has 0 bridgehead atoms. The zero-order valence-corrected chi connectivity index (χ0v) is 15.2. The second kappa shape index (κ2) is 7.93. The van der Waals surface area contributed by atoms with Gasteiger partial charge in [-0.25, -0.2) is 4.79 Å². The van der Waals surface area contributed by atoms with Crippen LogP contribution in [0.4, 0.5) is 5.69 Å². The second-order valence-electron chi connectivity index (χ2n) is 5.69. The summed E-state index contributed by atoms with van der Waals surface area (Å²) in [6.45, 7) is 5.01. The van der Waals surface area contributed by atoms with E-state index in [-0.39, 0.29) is 5.76 Å². The van der Waals surface area contributed by atoms with E-state index in [1.807, 2.05) is 23.6 Å². The monoisotopic (exact) mass is 369 g/mol. The van der Waals surface area contributed by atoms with Crippen LogP contribution in [0.3, 0.4) is 0 Å². The minimum absolute atomic E-state index is 0.0610. The Balaban J connectivity index is 1.94. The van der Waals surface area contributed by atoms with Crippen LogP contribution < -0.4 is 9.64 Å². The van der Waals surface area contributed by atoms with Crippen LogP contribution in [0, 0.1) is 0 Å². The maximum Gasteiger partial charge on any atom is 0.371 e. The topological polar surface area (TPSA) is 62.9 Å². The van der Waals surface area contributed by atoms with E-state index >= 15 is 0 Å². The number of carboxylic acids is 1. The van der Waals surface area contributed by atoms with Crippen LogP contribution in [-0.2, 0) is 13.1 Å². The van der Waals surface area contributed by atoms with E-state index in [2.05, 4.69) is 22.9 Å². The molecule has 6 heteroatoms. The average Bonchev–Trinajstić information content (AvgIpc) is 3.32. The lowest BCUT2D eigenvalue weighted by Crippen LogP contribution is -2.22. The van der Waals surface area contributed by atoms with Gasteiger partial charge < -0.3 is 19.2 Å². The van der Waals surface area contributed by atoms with Gasteiger partial charge in [-0.3, -0.25) is 0 Å². The van der Waals surface area contributed by atoms with Gasteiger partial charge in [0.2, 0.25) is 5.76 Å². The number of benzene rings is 1. The summed E-state index contributed by atoms with van der Waals surface area (Å²) in [7, 11) is 1.63. The number of ether oxygens (including phenoxy) is 1. The first-order chi connectivity index (χ1) is 12.6. The van der Waals surface area contributed by atoms with E-state index in [1.165, 1.54) is 11.6 Å². The van der Waals surface area contributed by atoms with Crippen molar-refractivity contribution in [2.45, 2.75) is 13.1 Å². The van der Waals surface area contributed by atoms with Crippen LogP contribution in [0.25, 0.3) is 6.08 Å². The molecule has 0 aliphatic heterocycles. The summed E-state index contributed by atoms with van der Waals surface area (Å²) in [6.07, 6.45) is 1.78. The Morgan fingerprint density at radius 2 is 2.15 bits per heavy atom. The number of carbonyl (C=O) groups is 1. The molecule has 0 radical (unpaired) electrons. The SMILES string of the molecule is C=Cc1cc(OC)ccc1N(Cc1ccsc1)Cc1ccc(C(=O)O)o1. The highest BCUT2D eigenvalue weighted by Gasteiger charge is 2.16. The van der Waals surface area contributed by atoms with Crippen LogP contribution in [0.2, 0.25) is 0 Å². The molecule has 3 rings (SSSR count). The van der Waals surface area contributed by atoms with E-state index in [9.17, 15) is 4.79 Å². The number of furan rings is 1. The molecule has 2 heterocycles. The molecule has 26 heavy (non-hydrogen) atoms. The fourth-order valence-electron chi connectivity index (χ4n) is 2.71. The first kappa shape index (κ1) is 17.8. The Hall–Kier alpha value is -2.99. The lowest BCUT2D eigenvalue weighted by Gasteiger charge is -2.25. The predicted molar refractivity (Wildman–Crippen MR) is 103 cm³/mol. The number of methoxy groups -OCH3 is 1. The van der Waals surface area contributed by atoms with Crippen molar-refractivity contribution < 1.29 is 19.1 Å². The van der Waals surface area contributed by atoms with Gasteiger partial charge in [0.1, 0.15) is 11.5 Å². The summed E-state index contributed by atoms with van der Waals surface area (Å²) >= 11 is 1.64. The number of aromatic carboxylic acids is 1. The molecule has 3 aromatic rings. The smallest absolute Gasteiger partial charge is 0.371 e. The normalized spacial score (nSPS) is 10.5. The van der Waals surface area contributed by atoms with Crippen molar-refractivity contribution >= 4 is 29.1 Å². The summed E-state index contributed by atoms with van der Waals surface area (Å²) in [5, 5.41) is 13.2. The zero-order chi connectivity index (χ0) is 18.5. The van der Waals surface area contributed by atoms with Gasteiger partial charge >= 0.3 is 5.97 Å². The molecule has 134 valence electrons. The molecule has 0 fully saturated rings. The number of thiophene rings is 1. The van der Waals surface area contributed by atoms with Crippen molar-refractivity contribution in [1.82, 2.24) is 0 Å².